The van der Waals surface area contributed by atoms with Crippen LogP contribution in [0.2, 0.25) is 0 Å². The lowest BCUT2D eigenvalue weighted by Gasteiger charge is -2.04. The summed E-state index contributed by atoms with van der Waals surface area (Å²) in [4.78, 5) is 0. The van der Waals surface area contributed by atoms with Gasteiger partial charge in [0.1, 0.15) is 17.2 Å². The number of fused-ring (bicyclic) bond motifs is 1. The van der Waals surface area contributed by atoms with E-state index in [1.165, 1.54) is 6.07 Å². The van der Waals surface area contributed by atoms with Crippen LogP contribution in [0.5, 0.6) is 0 Å². The second-order valence-electron chi connectivity index (χ2n) is 3.77. The van der Waals surface area contributed by atoms with E-state index in [0.29, 0.717) is 11.0 Å². The number of rotatable bonds is 2. The number of aryl methyl sites for hydroxylation is 1. The first-order valence-electron chi connectivity index (χ1n) is 4.99. The van der Waals surface area contributed by atoms with Gasteiger partial charge >= 0.3 is 0 Å². The van der Waals surface area contributed by atoms with Gasteiger partial charge in [-0.3, -0.25) is 0 Å². The van der Waals surface area contributed by atoms with Gasteiger partial charge in [0.2, 0.25) is 0 Å². The molecule has 1 aromatic heterocycles. The van der Waals surface area contributed by atoms with Crippen molar-refractivity contribution >= 4 is 11.0 Å². The molecule has 1 N–H and O–H groups in total. The fourth-order valence-corrected chi connectivity index (χ4v) is 1.60. The first-order chi connectivity index (χ1) is 7.13. The Morgan fingerprint density at radius 2 is 2.13 bits per heavy atom. The number of hydrogen-bond donors (Lipinski definition) is 1. The molecule has 2 aromatic rings. The summed E-state index contributed by atoms with van der Waals surface area (Å²) in [5, 5.41) is 3.63. The molecule has 0 aliphatic rings. The topological polar surface area (TPSA) is 25.2 Å². The standard InChI is InChI=1S/C12H14FNO/c1-7-4-5-10(13)9-6-11(8(2)14-3)15-12(7)9/h4-6,8,14H,1-3H3. The van der Waals surface area contributed by atoms with Gasteiger partial charge in [0.05, 0.1) is 11.4 Å². The summed E-state index contributed by atoms with van der Waals surface area (Å²) in [7, 11) is 1.85. The first-order valence-corrected chi connectivity index (χ1v) is 4.99. The predicted molar refractivity (Wildman–Crippen MR) is 58.4 cm³/mol. The molecule has 0 aliphatic carbocycles. The summed E-state index contributed by atoms with van der Waals surface area (Å²) in [6.07, 6.45) is 0. The average Bonchev–Trinajstić information content (AvgIpc) is 2.68. The SMILES string of the molecule is CNC(C)c1cc2c(F)ccc(C)c2o1. The van der Waals surface area contributed by atoms with E-state index in [-0.39, 0.29) is 11.9 Å². The van der Waals surface area contributed by atoms with E-state index >= 15 is 0 Å². The van der Waals surface area contributed by atoms with Crippen molar-refractivity contribution in [1.82, 2.24) is 5.32 Å². The van der Waals surface area contributed by atoms with E-state index in [1.807, 2.05) is 20.9 Å². The second-order valence-corrected chi connectivity index (χ2v) is 3.77. The van der Waals surface area contributed by atoms with E-state index in [1.54, 1.807) is 12.1 Å². The van der Waals surface area contributed by atoms with E-state index < -0.39 is 0 Å². The van der Waals surface area contributed by atoms with Crippen molar-refractivity contribution in [3.63, 3.8) is 0 Å². The fourth-order valence-electron chi connectivity index (χ4n) is 1.60. The lowest BCUT2D eigenvalue weighted by Crippen LogP contribution is -2.10. The Hall–Kier alpha value is -1.35. The van der Waals surface area contributed by atoms with Crippen molar-refractivity contribution in [1.29, 1.82) is 0 Å². The quantitative estimate of drug-likeness (QED) is 0.818. The summed E-state index contributed by atoms with van der Waals surface area (Å²) in [6.45, 7) is 3.89. The van der Waals surface area contributed by atoms with Gasteiger partial charge in [0.25, 0.3) is 0 Å². The van der Waals surface area contributed by atoms with Crippen LogP contribution in [-0.2, 0) is 0 Å². The van der Waals surface area contributed by atoms with Gasteiger partial charge in [0.15, 0.2) is 0 Å². The molecule has 1 heterocycles. The van der Waals surface area contributed by atoms with Crippen LogP contribution in [0.1, 0.15) is 24.3 Å². The van der Waals surface area contributed by atoms with E-state index in [4.69, 9.17) is 4.42 Å². The molecule has 15 heavy (non-hydrogen) atoms. The number of furan rings is 1. The molecule has 2 rings (SSSR count). The summed E-state index contributed by atoms with van der Waals surface area (Å²) in [6, 6.07) is 5.06. The van der Waals surface area contributed by atoms with E-state index in [0.717, 1.165) is 11.3 Å². The maximum absolute atomic E-state index is 13.5. The van der Waals surface area contributed by atoms with Gasteiger partial charge in [-0.15, -0.1) is 0 Å². The molecule has 3 heteroatoms. The van der Waals surface area contributed by atoms with Crippen molar-refractivity contribution in [2.45, 2.75) is 19.9 Å². The molecule has 0 amide bonds. The maximum Gasteiger partial charge on any atom is 0.140 e. The van der Waals surface area contributed by atoms with Crippen LogP contribution in [0.25, 0.3) is 11.0 Å². The molecule has 0 radical (unpaired) electrons. The highest BCUT2D eigenvalue weighted by molar-refractivity contribution is 5.81. The second kappa shape index (κ2) is 3.66. The molecule has 0 fully saturated rings. The largest absolute Gasteiger partial charge is 0.459 e. The molecule has 1 unspecified atom stereocenters. The van der Waals surface area contributed by atoms with Crippen LogP contribution in [0.4, 0.5) is 4.39 Å². The molecule has 0 saturated carbocycles. The van der Waals surface area contributed by atoms with Crippen LogP contribution in [0.15, 0.2) is 22.6 Å². The zero-order chi connectivity index (χ0) is 11.0. The molecule has 0 bridgehead atoms. The lowest BCUT2D eigenvalue weighted by atomic mass is 10.1. The van der Waals surface area contributed by atoms with Crippen molar-refractivity contribution in [3.8, 4) is 0 Å². The van der Waals surface area contributed by atoms with E-state index in [2.05, 4.69) is 5.32 Å². The Morgan fingerprint density at radius 1 is 1.40 bits per heavy atom. The highest BCUT2D eigenvalue weighted by atomic mass is 19.1. The van der Waals surface area contributed by atoms with Gasteiger partial charge in [-0.05, 0) is 38.6 Å². The molecular weight excluding hydrogens is 193 g/mol. The Bertz CT molecular complexity index is 451. The third kappa shape index (κ3) is 1.63. The third-order valence-corrected chi connectivity index (χ3v) is 2.71. The minimum atomic E-state index is -0.228. The Morgan fingerprint density at radius 3 is 2.73 bits per heavy atom. The minimum Gasteiger partial charge on any atom is -0.459 e. The van der Waals surface area contributed by atoms with Gasteiger partial charge < -0.3 is 9.73 Å². The lowest BCUT2D eigenvalue weighted by molar-refractivity contribution is 0.474. The maximum atomic E-state index is 13.5. The molecule has 1 aromatic carbocycles. The zero-order valence-electron chi connectivity index (χ0n) is 9.10. The zero-order valence-corrected chi connectivity index (χ0v) is 9.10. The molecule has 1 atom stereocenters. The van der Waals surface area contributed by atoms with Crippen LogP contribution >= 0.6 is 0 Å². The Kier molecular flexibility index (Phi) is 2.49. The molecule has 0 spiro atoms. The molecule has 0 saturated heterocycles. The average molecular weight is 207 g/mol. The molecule has 0 aliphatic heterocycles. The van der Waals surface area contributed by atoms with E-state index in [9.17, 15) is 4.39 Å². The van der Waals surface area contributed by atoms with Crippen LogP contribution in [0, 0.1) is 12.7 Å². The minimum absolute atomic E-state index is 0.0937. The van der Waals surface area contributed by atoms with Gasteiger partial charge in [-0.2, -0.15) is 0 Å². The summed E-state index contributed by atoms with van der Waals surface area (Å²) >= 11 is 0. The fraction of sp³-hybridized carbons (Fsp3) is 0.333. The molecule has 2 nitrogen and oxygen atoms in total. The van der Waals surface area contributed by atoms with Gasteiger partial charge in [-0.25, -0.2) is 4.39 Å². The molecule has 80 valence electrons. The smallest absolute Gasteiger partial charge is 0.140 e. The van der Waals surface area contributed by atoms with Crippen molar-refractivity contribution in [2.24, 2.45) is 0 Å². The van der Waals surface area contributed by atoms with Gasteiger partial charge in [0, 0.05) is 0 Å². The normalized spacial score (nSPS) is 13.3. The monoisotopic (exact) mass is 207 g/mol. The number of hydrogen-bond acceptors (Lipinski definition) is 2. The Balaban J connectivity index is 2.64. The number of nitrogens with one attached hydrogen (secondary N) is 1. The predicted octanol–water partition coefficient (Wildman–Crippen LogP) is 3.16. The highest BCUT2D eigenvalue weighted by Crippen LogP contribution is 2.28. The summed E-state index contributed by atoms with van der Waals surface area (Å²) in [5.41, 5.74) is 1.60. The Labute approximate surface area is 88.1 Å². The van der Waals surface area contributed by atoms with Crippen LogP contribution < -0.4 is 5.32 Å². The summed E-state index contributed by atoms with van der Waals surface area (Å²) in [5.74, 6) is 0.537. The van der Waals surface area contributed by atoms with Crippen LogP contribution in [-0.4, -0.2) is 7.05 Å². The summed E-state index contributed by atoms with van der Waals surface area (Å²) < 4.78 is 19.1. The number of benzene rings is 1. The van der Waals surface area contributed by atoms with Gasteiger partial charge in [-0.1, -0.05) is 6.07 Å². The third-order valence-electron chi connectivity index (χ3n) is 2.71. The van der Waals surface area contributed by atoms with Crippen molar-refractivity contribution in [2.75, 3.05) is 7.05 Å². The molecular formula is C12H14FNO. The van der Waals surface area contributed by atoms with Crippen LogP contribution in [0.3, 0.4) is 0 Å². The van der Waals surface area contributed by atoms with Crippen molar-refractivity contribution in [3.05, 3.63) is 35.3 Å². The number of halogens is 1. The first kappa shape index (κ1) is 10.2. The highest BCUT2D eigenvalue weighted by Gasteiger charge is 2.13. The van der Waals surface area contributed by atoms with Crippen molar-refractivity contribution < 1.29 is 8.81 Å².